The van der Waals surface area contributed by atoms with E-state index in [2.05, 4.69) is 5.10 Å². The van der Waals surface area contributed by atoms with Crippen LogP contribution in [-0.4, -0.2) is 15.7 Å². The largest absolute Gasteiger partial charge is 0.543 e. The normalized spacial score (nSPS) is 10.6. The fraction of sp³-hybridized carbons (Fsp3) is 0.0588. The summed E-state index contributed by atoms with van der Waals surface area (Å²) in [5.41, 5.74) is 2.65. The lowest BCUT2D eigenvalue weighted by atomic mass is 10.1. The van der Waals surface area contributed by atoms with Crippen LogP contribution in [0, 0.1) is 12.7 Å². The summed E-state index contributed by atoms with van der Waals surface area (Å²) in [6.07, 6.45) is 0. The number of nitrogens with zero attached hydrogens (tertiary/aromatic N) is 2. The smallest absolute Gasteiger partial charge is 0.123 e. The van der Waals surface area contributed by atoms with Crippen LogP contribution in [-0.2, 0) is 0 Å². The summed E-state index contributed by atoms with van der Waals surface area (Å²) in [5, 5.41) is 15.7. The number of carboxylic acids is 1. The summed E-state index contributed by atoms with van der Waals surface area (Å²) in [6.45, 7) is 1.91. The molecule has 0 saturated heterocycles. The molecule has 0 atom stereocenters. The van der Waals surface area contributed by atoms with Gasteiger partial charge in [0.25, 0.3) is 0 Å². The van der Waals surface area contributed by atoms with Crippen molar-refractivity contribution in [3.63, 3.8) is 0 Å². The molecule has 110 valence electrons. The van der Waals surface area contributed by atoms with E-state index < -0.39 is 5.97 Å². The molecule has 0 radical (unpaired) electrons. The highest BCUT2D eigenvalue weighted by Gasteiger charge is 2.12. The summed E-state index contributed by atoms with van der Waals surface area (Å²) >= 11 is 0. The van der Waals surface area contributed by atoms with Crippen molar-refractivity contribution in [1.82, 2.24) is 9.78 Å². The number of hydrogen-bond acceptors (Lipinski definition) is 3. The van der Waals surface area contributed by atoms with Crippen LogP contribution >= 0.6 is 0 Å². The van der Waals surface area contributed by atoms with Gasteiger partial charge in [-0.25, -0.2) is 9.07 Å². The fourth-order valence-corrected chi connectivity index (χ4v) is 2.24. The number of carboxylic acid groups (broad SMARTS) is 1. The van der Waals surface area contributed by atoms with E-state index in [1.54, 1.807) is 18.2 Å². The van der Waals surface area contributed by atoms with Crippen LogP contribution < -0.4 is 5.11 Å². The van der Waals surface area contributed by atoms with Gasteiger partial charge in [0.1, 0.15) is 5.82 Å². The molecule has 2 aromatic carbocycles. The Balaban J connectivity index is 2.14. The molecule has 4 nitrogen and oxygen atoms in total. The molecule has 0 aliphatic rings. The number of aromatic carboxylic acids is 1. The first kappa shape index (κ1) is 14.0. The van der Waals surface area contributed by atoms with Crippen LogP contribution in [0.15, 0.2) is 54.6 Å². The Labute approximate surface area is 126 Å². The molecule has 0 saturated carbocycles. The second-order valence-electron chi connectivity index (χ2n) is 4.96. The fourth-order valence-electron chi connectivity index (χ4n) is 2.24. The van der Waals surface area contributed by atoms with Crippen molar-refractivity contribution in [2.75, 3.05) is 0 Å². The van der Waals surface area contributed by atoms with Crippen LogP contribution in [0.25, 0.3) is 16.9 Å². The lowest BCUT2D eigenvalue weighted by Gasteiger charge is -2.08. The first-order valence-electron chi connectivity index (χ1n) is 6.69. The lowest BCUT2D eigenvalue weighted by Crippen LogP contribution is -2.25. The molecule has 3 aromatic rings. The van der Waals surface area contributed by atoms with Crippen LogP contribution in [0.3, 0.4) is 0 Å². The molecule has 0 fully saturated rings. The minimum atomic E-state index is -1.32. The molecule has 0 aliphatic carbocycles. The number of rotatable bonds is 3. The Morgan fingerprint density at radius 3 is 2.50 bits per heavy atom. The van der Waals surface area contributed by atoms with Gasteiger partial charge in [0.15, 0.2) is 0 Å². The molecule has 1 heterocycles. The quantitative estimate of drug-likeness (QED) is 0.745. The third kappa shape index (κ3) is 2.61. The summed E-state index contributed by atoms with van der Waals surface area (Å²) in [6, 6.07) is 14.5. The monoisotopic (exact) mass is 295 g/mol. The molecule has 0 N–H and O–H groups in total. The predicted molar refractivity (Wildman–Crippen MR) is 78.0 cm³/mol. The standard InChI is InChI=1S/C17H13FN2O2/c1-11-3-2-4-14(9-11)20-16(17(21)22)10-15(19-20)12-5-7-13(18)8-6-12/h2-10H,1H3,(H,21,22)/p-1. The second kappa shape index (κ2) is 5.44. The zero-order valence-corrected chi connectivity index (χ0v) is 11.8. The maximum atomic E-state index is 13.0. The number of aryl methyl sites for hydroxylation is 1. The van der Waals surface area contributed by atoms with Crippen LogP contribution in [0.5, 0.6) is 0 Å². The van der Waals surface area contributed by atoms with Gasteiger partial charge in [-0.3, -0.25) is 0 Å². The van der Waals surface area contributed by atoms with E-state index in [-0.39, 0.29) is 11.5 Å². The zero-order valence-electron chi connectivity index (χ0n) is 11.8. The highest BCUT2D eigenvalue weighted by molar-refractivity contribution is 5.86. The minimum absolute atomic E-state index is 0.0510. The first-order valence-corrected chi connectivity index (χ1v) is 6.69. The van der Waals surface area contributed by atoms with Gasteiger partial charge in [-0.15, -0.1) is 0 Å². The van der Waals surface area contributed by atoms with E-state index in [0.29, 0.717) is 16.9 Å². The first-order chi connectivity index (χ1) is 10.5. The highest BCUT2D eigenvalue weighted by Crippen LogP contribution is 2.22. The number of aromatic nitrogens is 2. The molecular weight excluding hydrogens is 283 g/mol. The minimum Gasteiger partial charge on any atom is -0.543 e. The van der Waals surface area contributed by atoms with E-state index in [1.165, 1.54) is 22.9 Å². The molecule has 0 amide bonds. The molecule has 0 bridgehead atoms. The predicted octanol–water partition coefficient (Wildman–Crippen LogP) is 2.35. The van der Waals surface area contributed by atoms with Gasteiger partial charge < -0.3 is 9.90 Å². The summed E-state index contributed by atoms with van der Waals surface area (Å²) in [7, 11) is 0. The van der Waals surface area contributed by atoms with Crippen molar-refractivity contribution in [2.24, 2.45) is 0 Å². The van der Waals surface area contributed by atoms with Gasteiger partial charge in [0.05, 0.1) is 23.0 Å². The van der Waals surface area contributed by atoms with Gasteiger partial charge in [-0.2, -0.15) is 5.10 Å². The maximum Gasteiger partial charge on any atom is 0.123 e. The van der Waals surface area contributed by atoms with Gasteiger partial charge in [0, 0.05) is 5.56 Å². The third-order valence-corrected chi connectivity index (χ3v) is 3.30. The van der Waals surface area contributed by atoms with E-state index in [0.717, 1.165) is 5.56 Å². The maximum absolute atomic E-state index is 13.0. The van der Waals surface area contributed by atoms with Gasteiger partial charge in [-0.05, 0) is 55.0 Å². The summed E-state index contributed by atoms with van der Waals surface area (Å²) in [4.78, 5) is 11.3. The van der Waals surface area contributed by atoms with E-state index in [9.17, 15) is 14.3 Å². The topological polar surface area (TPSA) is 58.0 Å². The Hall–Kier alpha value is -2.95. The number of benzene rings is 2. The van der Waals surface area contributed by atoms with Crippen LogP contribution in [0.4, 0.5) is 4.39 Å². The summed E-state index contributed by atoms with van der Waals surface area (Å²) in [5.74, 6) is -1.68. The molecule has 1 aromatic heterocycles. The SMILES string of the molecule is Cc1cccc(-n2nc(-c3ccc(F)cc3)cc2C(=O)[O-])c1. The molecule has 0 spiro atoms. The van der Waals surface area contributed by atoms with Gasteiger partial charge in [0.2, 0.25) is 0 Å². The summed E-state index contributed by atoms with van der Waals surface area (Å²) < 4.78 is 14.3. The van der Waals surface area contributed by atoms with Crippen molar-refractivity contribution >= 4 is 5.97 Å². The molecule has 3 rings (SSSR count). The van der Waals surface area contributed by atoms with Gasteiger partial charge in [-0.1, -0.05) is 12.1 Å². The highest BCUT2D eigenvalue weighted by atomic mass is 19.1. The average molecular weight is 295 g/mol. The average Bonchev–Trinajstić information content (AvgIpc) is 2.93. The van der Waals surface area contributed by atoms with Crippen molar-refractivity contribution in [1.29, 1.82) is 0 Å². The molecular formula is C17H12FN2O2-. The third-order valence-electron chi connectivity index (χ3n) is 3.30. The zero-order chi connectivity index (χ0) is 15.7. The van der Waals surface area contributed by atoms with Crippen molar-refractivity contribution < 1.29 is 14.3 Å². The Bertz CT molecular complexity index is 838. The van der Waals surface area contributed by atoms with Crippen molar-refractivity contribution in [3.8, 4) is 16.9 Å². The number of carbonyl (C=O) groups excluding carboxylic acids is 1. The van der Waals surface area contributed by atoms with E-state index >= 15 is 0 Å². The lowest BCUT2D eigenvalue weighted by molar-refractivity contribution is -0.255. The number of halogens is 1. The molecule has 5 heteroatoms. The Morgan fingerprint density at radius 1 is 1.14 bits per heavy atom. The number of carbonyl (C=O) groups is 1. The Kier molecular flexibility index (Phi) is 3.47. The van der Waals surface area contributed by atoms with Gasteiger partial charge >= 0.3 is 0 Å². The molecule has 0 aliphatic heterocycles. The van der Waals surface area contributed by atoms with Crippen LogP contribution in [0.2, 0.25) is 0 Å². The Morgan fingerprint density at radius 2 is 1.86 bits per heavy atom. The second-order valence-corrected chi connectivity index (χ2v) is 4.96. The number of hydrogen-bond donors (Lipinski definition) is 0. The van der Waals surface area contributed by atoms with Crippen LogP contribution in [0.1, 0.15) is 16.1 Å². The van der Waals surface area contributed by atoms with E-state index in [4.69, 9.17) is 0 Å². The van der Waals surface area contributed by atoms with E-state index in [1.807, 2.05) is 25.1 Å². The molecule has 22 heavy (non-hydrogen) atoms. The molecule has 0 unspecified atom stereocenters. The van der Waals surface area contributed by atoms with Crippen molar-refractivity contribution in [2.45, 2.75) is 6.92 Å². The van der Waals surface area contributed by atoms with Crippen molar-refractivity contribution in [3.05, 3.63) is 71.7 Å².